The van der Waals surface area contributed by atoms with Gasteiger partial charge in [-0.3, -0.25) is 4.68 Å². The number of carbonyl (C=O) groups is 1. The Morgan fingerprint density at radius 1 is 1.05 bits per heavy atom. The van der Waals surface area contributed by atoms with Crippen LogP contribution in [0.1, 0.15) is 45.5 Å². The highest BCUT2D eigenvalue weighted by Gasteiger charge is 2.31. The molecule has 1 aromatic carbocycles. The highest BCUT2D eigenvalue weighted by molar-refractivity contribution is 7.90. The summed E-state index contributed by atoms with van der Waals surface area (Å²) in [6.07, 6.45) is 7.87. The maximum absolute atomic E-state index is 13.5. The summed E-state index contributed by atoms with van der Waals surface area (Å²) >= 11 is 0. The summed E-state index contributed by atoms with van der Waals surface area (Å²) in [4.78, 5) is 24.1. The monoisotopic (exact) mass is 561 g/mol. The van der Waals surface area contributed by atoms with Crippen molar-refractivity contribution >= 4 is 38.2 Å². The Morgan fingerprint density at radius 3 is 2.48 bits per heavy atom. The van der Waals surface area contributed by atoms with E-state index in [1.165, 1.54) is 3.97 Å². The zero-order valence-corrected chi connectivity index (χ0v) is 23.5. The maximum atomic E-state index is 13.5. The third-order valence-electron chi connectivity index (χ3n) is 7.05. The molecule has 6 rings (SSSR count). The first kappa shape index (κ1) is 26.1. The predicted molar refractivity (Wildman–Crippen MR) is 149 cm³/mol. The number of fused-ring (bicyclic) bond motifs is 3. The molecule has 1 aliphatic rings. The minimum atomic E-state index is -3.84. The average Bonchev–Trinajstić information content (AvgIpc) is 3.67. The van der Waals surface area contributed by atoms with Gasteiger partial charge in [-0.1, -0.05) is 18.2 Å². The Morgan fingerprint density at radius 2 is 1.80 bits per heavy atom. The number of benzene rings is 1. The summed E-state index contributed by atoms with van der Waals surface area (Å²) in [6.45, 7) is 7.11. The minimum absolute atomic E-state index is 0.0360. The SMILES string of the molecule is CC(C)(C)OC(=O)N1CCC(n2c(Cn3cccn3)nc3cnc4c(ccn4S(=O)(=O)c4ccccc4)c32)CC1. The number of nitrogens with zero attached hydrogens (tertiary/aromatic N) is 7. The quantitative estimate of drug-likeness (QED) is 0.311. The number of amides is 1. The Bertz CT molecular complexity index is 1780. The fraction of sp³-hybridized carbons (Fsp3) is 0.357. The molecule has 208 valence electrons. The van der Waals surface area contributed by atoms with Crippen LogP contribution >= 0.6 is 0 Å². The largest absolute Gasteiger partial charge is 0.444 e. The minimum Gasteiger partial charge on any atom is -0.444 e. The predicted octanol–water partition coefficient (Wildman–Crippen LogP) is 4.44. The molecule has 0 atom stereocenters. The van der Waals surface area contributed by atoms with Crippen molar-refractivity contribution in [3.63, 3.8) is 0 Å². The lowest BCUT2D eigenvalue weighted by molar-refractivity contribution is 0.0189. The normalized spacial score (nSPS) is 15.2. The van der Waals surface area contributed by atoms with E-state index in [-0.39, 0.29) is 17.0 Å². The highest BCUT2D eigenvalue weighted by Crippen LogP contribution is 2.34. The molecule has 0 spiro atoms. The van der Waals surface area contributed by atoms with Gasteiger partial charge in [-0.2, -0.15) is 5.10 Å². The van der Waals surface area contributed by atoms with E-state index < -0.39 is 15.6 Å². The van der Waals surface area contributed by atoms with Gasteiger partial charge in [0.25, 0.3) is 10.0 Å². The van der Waals surface area contributed by atoms with Gasteiger partial charge in [0.15, 0.2) is 5.65 Å². The number of pyridine rings is 1. The number of rotatable bonds is 5. The molecule has 1 saturated heterocycles. The Balaban J connectivity index is 1.43. The van der Waals surface area contributed by atoms with Crippen molar-refractivity contribution < 1.29 is 17.9 Å². The number of piperidine rings is 1. The fourth-order valence-corrected chi connectivity index (χ4v) is 6.60. The Kier molecular flexibility index (Phi) is 6.37. The number of hydrogen-bond acceptors (Lipinski definition) is 7. The molecular formula is C28H31N7O4S. The van der Waals surface area contributed by atoms with Crippen molar-refractivity contribution in [2.45, 2.75) is 56.7 Å². The summed E-state index contributed by atoms with van der Waals surface area (Å²) in [7, 11) is -3.84. The Labute approximate surface area is 232 Å². The summed E-state index contributed by atoms with van der Waals surface area (Å²) in [5, 5.41) is 5.06. The van der Waals surface area contributed by atoms with Crippen LogP contribution in [0.2, 0.25) is 0 Å². The summed E-state index contributed by atoms with van der Waals surface area (Å²) in [5.74, 6) is 0.794. The van der Waals surface area contributed by atoms with Gasteiger partial charge in [0.05, 0.1) is 23.2 Å². The lowest BCUT2D eigenvalue weighted by atomic mass is 10.0. The molecule has 0 saturated carbocycles. The van der Waals surface area contributed by atoms with E-state index in [0.717, 1.165) is 11.3 Å². The lowest BCUT2D eigenvalue weighted by Crippen LogP contribution is -2.42. The number of likely N-dealkylation sites (tertiary alicyclic amines) is 1. The molecule has 40 heavy (non-hydrogen) atoms. The summed E-state index contributed by atoms with van der Waals surface area (Å²) < 4.78 is 37.8. The van der Waals surface area contributed by atoms with Crippen molar-refractivity contribution in [1.29, 1.82) is 0 Å². The first-order chi connectivity index (χ1) is 19.1. The average molecular weight is 562 g/mol. The van der Waals surface area contributed by atoms with Gasteiger partial charge in [0.1, 0.15) is 16.9 Å². The molecule has 5 heterocycles. The molecule has 0 N–H and O–H groups in total. The van der Waals surface area contributed by atoms with Crippen molar-refractivity contribution in [1.82, 2.24) is 33.2 Å². The molecule has 0 bridgehead atoms. The van der Waals surface area contributed by atoms with E-state index in [1.807, 2.05) is 37.7 Å². The van der Waals surface area contributed by atoms with E-state index in [4.69, 9.17) is 9.72 Å². The van der Waals surface area contributed by atoms with Gasteiger partial charge >= 0.3 is 6.09 Å². The molecule has 5 aromatic rings. The zero-order chi connectivity index (χ0) is 28.1. The van der Waals surface area contributed by atoms with E-state index in [0.29, 0.717) is 49.0 Å². The van der Waals surface area contributed by atoms with Crippen LogP contribution in [0, 0.1) is 0 Å². The lowest BCUT2D eigenvalue weighted by Gasteiger charge is -2.34. The number of hydrogen-bond donors (Lipinski definition) is 0. The molecule has 0 radical (unpaired) electrons. The third-order valence-corrected chi connectivity index (χ3v) is 8.73. The van der Waals surface area contributed by atoms with Crippen LogP contribution in [0.3, 0.4) is 0 Å². The standard InChI is InChI=1S/C28H31N7O4S/c1-28(2,3)39-27(36)32-15-10-20(11-16-32)35-24(19-33-14-7-13-30-33)31-23-18-29-26-22(25(23)35)12-17-34(26)40(37,38)21-8-5-4-6-9-21/h4-9,12-14,17-18,20H,10-11,15-16,19H2,1-3H3. The van der Waals surface area contributed by atoms with Gasteiger partial charge in [0, 0.05) is 43.1 Å². The van der Waals surface area contributed by atoms with Crippen LogP contribution in [0.25, 0.3) is 22.1 Å². The molecule has 1 aliphatic heterocycles. The molecular weight excluding hydrogens is 530 g/mol. The topological polar surface area (TPSA) is 117 Å². The molecule has 0 unspecified atom stereocenters. The fourth-order valence-electron chi connectivity index (χ4n) is 5.27. The van der Waals surface area contributed by atoms with Gasteiger partial charge < -0.3 is 14.2 Å². The summed E-state index contributed by atoms with van der Waals surface area (Å²) in [6, 6.07) is 12.0. The van der Waals surface area contributed by atoms with Gasteiger partial charge in [-0.25, -0.2) is 27.2 Å². The Hall–Kier alpha value is -4.19. The van der Waals surface area contributed by atoms with E-state index >= 15 is 0 Å². The smallest absolute Gasteiger partial charge is 0.410 e. The van der Waals surface area contributed by atoms with Crippen LogP contribution in [0.5, 0.6) is 0 Å². The molecule has 1 amide bonds. The van der Waals surface area contributed by atoms with E-state index in [2.05, 4.69) is 14.6 Å². The number of carbonyl (C=O) groups excluding carboxylic acids is 1. The number of ether oxygens (including phenoxy) is 1. The first-order valence-electron chi connectivity index (χ1n) is 13.2. The summed E-state index contributed by atoms with van der Waals surface area (Å²) in [5.41, 5.74) is 1.29. The van der Waals surface area contributed by atoms with E-state index in [9.17, 15) is 13.2 Å². The van der Waals surface area contributed by atoms with Crippen molar-refractivity contribution in [2.75, 3.05) is 13.1 Å². The first-order valence-corrected chi connectivity index (χ1v) is 14.7. The van der Waals surface area contributed by atoms with Crippen LogP contribution in [-0.4, -0.2) is 66.4 Å². The second-order valence-corrected chi connectivity index (χ2v) is 12.8. The molecule has 1 fully saturated rings. The van der Waals surface area contributed by atoms with Crippen molar-refractivity contribution in [3.8, 4) is 0 Å². The van der Waals surface area contributed by atoms with E-state index in [1.54, 1.807) is 59.9 Å². The van der Waals surface area contributed by atoms with Crippen molar-refractivity contribution in [2.24, 2.45) is 0 Å². The van der Waals surface area contributed by atoms with Crippen LogP contribution in [0.15, 0.2) is 72.1 Å². The molecule has 0 aliphatic carbocycles. The second kappa shape index (κ2) is 9.77. The number of imidazole rings is 1. The molecule has 4 aromatic heterocycles. The van der Waals surface area contributed by atoms with Gasteiger partial charge in [-0.05, 0) is 57.9 Å². The number of aromatic nitrogens is 6. The highest BCUT2D eigenvalue weighted by atomic mass is 32.2. The second-order valence-electron chi connectivity index (χ2n) is 11.0. The van der Waals surface area contributed by atoms with Gasteiger partial charge in [0.2, 0.25) is 0 Å². The van der Waals surface area contributed by atoms with Crippen LogP contribution in [0.4, 0.5) is 4.79 Å². The van der Waals surface area contributed by atoms with Crippen molar-refractivity contribution in [3.05, 3.63) is 73.1 Å². The van der Waals surface area contributed by atoms with Crippen LogP contribution in [-0.2, 0) is 21.3 Å². The van der Waals surface area contributed by atoms with Crippen LogP contribution < -0.4 is 0 Å². The van der Waals surface area contributed by atoms with Gasteiger partial charge in [-0.15, -0.1) is 0 Å². The molecule has 11 nitrogen and oxygen atoms in total. The maximum Gasteiger partial charge on any atom is 0.410 e. The molecule has 12 heteroatoms. The zero-order valence-electron chi connectivity index (χ0n) is 22.6. The third kappa shape index (κ3) is 4.72.